The number of cyclic esters (lactones) is 1. The Hall–Kier alpha value is -1.46. The standard InChI is InChI=1S/C37H67NO13.CHNS/c1-14-25-37(10,45)30(41)20(4)27(39)18(2)16-35(8,44)32(51-34-28(40)24(38(11)12)15-19(3)47-34)21(5)29(22(6)33(43)49-25)50-26-17-36(9,46-13)31(42)23(7)48-26;2-1-3/h18-26,28-32,34,40-42,44-45H,14-17H2,1-13H3;3H. The number of carbonyl (C=O) groups is 2. The van der Waals surface area contributed by atoms with Crippen molar-refractivity contribution in [3.8, 4) is 5.40 Å². The second-order valence-corrected chi connectivity index (χ2v) is 16.8. The molecule has 54 heavy (non-hydrogen) atoms. The zero-order chi connectivity index (χ0) is 41.7. The Labute approximate surface area is 327 Å². The quantitative estimate of drug-likeness (QED) is 0.124. The van der Waals surface area contributed by atoms with Crippen molar-refractivity contribution in [1.82, 2.24) is 4.90 Å². The summed E-state index contributed by atoms with van der Waals surface area (Å²) < 4.78 is 37.1. The van der Waals surface area contributed by atoms with Crippen molar-refractivity contribution in [3.63, 3.8) is 0 Å². The molecule has 18 atom stereocenters. The van der Waals surface area contributed by atoms with Gasteiger partial charge in [0, 0.05) is 37.3 Å². The van der Waals surface area contributed by atoms with Gasteiger partial charge in [-0.2, -0.15) is 5.26 Å². The number of nitrogens with zero attached hydrogens (tertiary/aromatic N) is 2. The molecule has 3 rings (SSSR count). The SMILES string of the molecule is CCC1OC(=O)C(C)C(OC2CC(C)(OC)C(O)C(C)O2)C(C)C(OC2OC(C)CC(N(C)C)C2O)C(C)(O)CC(C)C(=O)C(C)C(O)C1(C)O.N#CS. The molecular formula is C38H68N2O13S. The number of ketones is 1. The molecule has 3 fully saturated rings. The van der Waals surface area contributed by atoms with E-state index in [0.717, 1.165) is 0 Å². The number of hydrogen-bond acceptors (Lipinski definition) is 16. The number of rotatable bonds is 7. The summed E-state index contributed by atoms with van der Waals surface area (Å²) >= 11 is 3.09. The first-order chi connectivity index (χ1) is 24.8. The lowest BCUT2D eigenvalue weighted by Gasteiger charge is -2.49. The van der Waals surface area contributed by atoms with Crippen LogP contribution >= 0.6 is 12.6 Å². The van der Waals surface area contributed by atoms with Crippen LogP contribution in [0, 0.1) is 34.3 Å². The molecule has 0 spiro atoms. The maximum absolute atomic E-state index is 14.1. The zero-order valence-electron chi connectivity index (χ0n) is 34.3. The van der Waals surface area contributed by atoms with Gasteiger partial charge in [-0.25, -0.2) is 0 Å². The van der Waals surface area contributed by atoms with E-state index in [1.165, 1.54) is 33.3 Å². The first-order valence-electron chi connectivity index (χ1n) is 18.9. The van der Waals surface area contributed by atoms with Crippen LogP contribution in [0.25, 0.3) is 0 Å². The highest BCUT2D eigenvalue weighted by Crippen LogP contribution is 2.40. The number of nitriles is 1. The molecule has 0 amide bonds. The van der Waals surface area contributed by atoms with Gasteiger partial charge in [0.15, 0.2) is 12.6 Å². The summed E-state index contributed by atoms with van der Waals surface area (Å²) in [6.45, 7) is 16.3. The van der Waals surface area contributed by atoms with Crippen molar-refractivity contribution in [3.05, 3.63) is 0 Å². The molecule has 3 aliphatic heterocycles. The molecule has 0 aromatic heterocycles. The zero-order valence-corrected chi connectivity index (χ0v) is 35.2. The van der Waals surface area contributed by atoms with E-state index >= 15 is 0 Å². The van der Waals surface area contributed by atoms with Crippen LogP contribution in [0.2, 0.25) is 0 Å². The normalized spacial score (nSPS) is 47.1. The number of aliphatic hydroxyl groups excluding tert-OH is 3. The highest BCUT2D eigenvalue weighted by Gasteiger charge is 2.53. The van der Waals surface area contributed by atoms with Crippen molar-refractivity contribution in [1.29, 1.82) is 5.26 Å². The van der Waals surface area contributed by atoms with Crippen LogP contribution in [0.3, 0.4) is 0 Å². The number of Topliss-reactive ketones (excluding diaryl/α,β-unsaturated/α-hetero) is 1. The van der Waals surface area contributed by atoms with Gasteiger partial charge in [-0.3, -0.25) is 9.59 Å². The van der Waals surface area contributed by atoms with Gasteiger partial charge in [0.05, 0.1) is 47.6 Å². The molecule has 0 aromatic carbocycles. The maximum Gasteiger partial charge on any atom is 0.311 e. The van der Waals surface area contributed by atoms with Gasteiger partial charge < -0.3 is 58.9 Å². The van der Waals surface area contributed by atoms with Crippen LogP contribution < -0.4 is 0 Å². The molecule has 5 N–H and O–H groups in total. The van der Waals surface area contributed by atoms with E-state index in [2.05, 4.69) is 12.6 Å². The van der Waals surface area contributed by atoms with Gasteiger partial charge >= 0.3 is 5.97 Å². The fourth-order valence-corrected chi connectivity index (χ4v) is 8.41. The van der Waals surface area contributed by atoms with Gasteiger partial charge in [-0.15, -0.1) is 0 Å². The summed E-state index contributed by atoms with van der Waals surface area (Å²) in [4.78, 5) is 29.8. The maximum atomic E-state index is 14.1. The first kappa shape index (κ1) is 48.7. The molecule has 3 aliphatic rings. The Bertz CT molecular complexity index is 1270. The number of hydrogen-bond donors (Lipinski definition) is 6. The van der Waals surface area contributed by atoms with E-state index in [-0.39, 0.29) is 31.4 Å². The largest absolute Gasteiger partial charge is 0.459 e. The van der Waals surface area contributed by atoms with Gasteiger partial charge in [-0.05, 0) is 74.9 Å². The minimum absolute atomic E-state index is 0.0936. The number of likely N-dealkylation sites (N-methyl/N-ethyl adjacent to an activating group) is 1. The predicted molar refractivity (Wildman–Crippen MR) is 201 cm³/mol. The number of ether oxygens (including phenoxy) is 6. The van der Waals surface area contributed by atoms with Crippen molar-refractivity contribution >= 4 is 24.4 Å². The van der Waals surface area contributed by atoms with Gasteiger partial charge in [-0.1, -0.05) is 40.3 Å². The number of thiocyanates is 1. The molecule has 3 saturated heterocycles. The van der Waals surface area contributed by atoms with E-state index in [1.54, 1.807) is 41.5 Å². The van der Waals surface area contributed by atoms with Crippen molar-refractivity contribution in [2.24, 2.45) is 23.7 Å². The number of aliphatic hydroxyl groups is 5. The predicted octanol–water partition coefficient (Wildman–Crippen LogP) is 2.18. The van der Waals surface area contributed by atoms with E-state index in [4.69, 9.17) is 33.7 Å². The molecule has 15 nitrogen and oxygen atoms in total. The number of carbonyl (C=O) groups excluding carboxylic acids is 2. The molecule has 314 valence electrons. The molecule has 0 aliphatic carbocycles. The van der Waals surface area contributed by atoms with Gasteiger partial charge in [0.25, 0.3) is 0 Å². The average molecular weight is 793 g/mol. The second kappa shape index (κ2) is 19.8. The van der Waals surface area contributed by atoms with E-state index < -0.39 is 108 Å². The fourth-order valence-electron chi connectivity index (χ4n) is 8.41. The topological polar surface area (TPSA) is 218 Å². The molecule has 3 heterocycles. The lowest BCUT2D eigenvalue weighted by molar-refractivity contribution is -0.318. The van der Waals surface area contributed by atoms with E-state index in [0.29, 0.717) is 6.42 Å². The molecular weight excluding hydrogens is 724 g/mol. The van der Waals surface area contributed by atoms with Crippen LogP contribution in [0.5, 0.6) is 0 Å². The van der Waals surface area contributed by atoms with Crippen LogP contribution in [0.4, 0.5) is 0 Å². The Morgan fingerprint density at radius 1 is 0.944 bits per heavy atom. The lowest BCUT2D eigenvalue weighted by atomic mass is 9.74. The van der Waals surface area contributed by atoms with Crippen molar-refractivity contribution < 1.29 is 63.5 Å². The fraction of sp³-hybridized carbons (Fsp3) is 0.921. The summed E-state index contributed by atoms with van der Waals surface area (Å²) in [5.74, 6) is -4.98. The van der Waals surface area contributed by atoms with Crippen molar-refractivity contribution in [2.45, 2.75) is 179 Å². The lowest BCUT2D eigenvalue weighted by Crippen LogP contribution is -2.61. The summed E-state index contributed by atoms with van der Waals surface area (Å²) in [6.07, 6.45) is -9.71. The van der Waals surface area contributed by atoms with Crippen molar-refractivity contribution in [2.75, 3.05) is 21.2 Å². The second-order valence-electron chi connectivity index (χ2n) is 16.6. The third-order valence-electron chi connectivity index (χ3n) is 11.8. The minimum Gasteiger partial charge on any atom is -0.459 e. The molecule has 16 heteroatoms. The number of thiol groups is 1. The highest BCUT2D eigenvalue weighted by molar-refractivity contribution is 7.85. The first-order valence-corrected chi connectivity index (χ1v) is 19.4. The summed E-state index contributed by atoms with van der Waals surface area (Å²) in [6, 6.07) is -0.324. The Morgan fingerprint density at radius 3 is 2.04 bits per heavy atom. The third-order valence-corrected chi connectivity index (χ3v) is 11.8. The number of esters is 1. The van der Waals surface area contributed by atoms with Crippen LogP contribution in [-0.4, -0.2) is 148 Å². The summed E-state index contributed by atoms with van der Waals surface area (Å²) in [5, 5.41) is 66.2. The molecule has 0 radical (unpaired) electrons. The minimum atomic E-state index is -1.99. The highest BCUT2D eigenvalue weighted by atomic mass is 32.1. The van der Waals surface area contributed by atoms with Gasteiger partial charge in [0.1, 0.15) is 35.1 Å². The summed E-state index contributed by atoms with van der Waals surface area (Å²) in [5.41, 5.74) is -4.84. The average Bonchev–Trinajstić information content (AvgIpc) is 3.09. The Balaban J connectivity index is 0.00000325. The van der Waals surface area contributed by atoms with E-state index in [1.807, 2.05) is 25.9 Å². The Kier molecular flexibility index (Phi) is 17.9. The molecule has 0 bridgehead atoms. The van der Waals surface area contributed by atoms with Gasteiger partial charge in [0.2, 0.25) is 0 Å². The summed E-state index contributed by atoms with van der Waals surface area (Å²) in [7, 11) is 5.18. The van der Waals surface area contributed by atoms with Crippen LogP contribution in [-0.2, 0) is 38.0 Å². The smallest absolute Gasteiger partial charge is 0.311 e. The van der Waals surface area contributed by atoms with E-state index in [9.17, 15) is 35.1 Å². The van der Waals surface area contributed by atoms with Crippen LogP contribution in [0.1, 0.15) is 94.9 Å². The van der Waals surface area contributed by atoms with Crippen LogP contribution in [0.15, 0.2) is 0 Å². The molecule has 18 unspecified atom stereocenters. The Morgan fingerprint density at radius 2 is 1.52 bits per heavy atom. The molecule has 0 aromatic rings. The number of methoxy groups -OCH3 is 1. The molecule has 0 saturated carbocycles. The monoisotopic (exact) mass is 792 g/mol. The third kappa shape index (κ3) is 11.1.